The lowest BCUT2D eigenvalue weighted by Gasteiger charge is -2.28. The number of rotatable bonds is 6. The first-order valence-electron chi connectivity index (χ1n) is 7.34. The number of carbonyl (C=O) groups is 1. The van der Waals surface area contributed by atoms with Crippen molar-refractivity contribution in [3.63, 3.8) is 0 Å². The summed E-state index contributed by atoms with van der Waals surface area (Å²) >= 11 is 0. The molecule has 1 amide bonds. The van der Waals surface area contributed by atoms with Gasteiger partial charge in [0.1, 0.15) is 0 Å². The van der Waals surface area contributed by atoms with Gasteiger partial charge < -0.3 is 15.5 Å². The van der Waals surface area contributed by atoms with E-state index in [1.54, 1.807) is 0 Å². The third kappa shape index (κ3) is 3.51. The highest BCUT2D eigenvalue weighted by Gasteiger charge is 2.31. The van der Waals surface area contributed by atoms with E-state index >= 15 is 0 Å². The summed E-state index contributed by atoms with van der Waals surface area (Å²) in [6, 6.07) is 8.99. The summed E-state index contributed by atoms with van der Waals surface area (Å²) in [5.74, 6) is 0.176. The lowest BCUT2D eigenvalue weighted by atomic mass is 10.2. The first kappa shape index (κ1) is 14.9. The van der Waals surface area contributed by atoms with Crippen LogP contribution in [-0.2, 0) is 11.3 Å². The Morgan fingerprint density at radius 2 is 1.90 bits per heavy atom. The molecule has 1 aromatic carbocycles. The Hall–Kier alpha value is -1.55. The van der Waals surface area contributed by atoms with Gasteiger partial charge in [0, 0.05) is 31.4 Å². The van der Waals surface area contributed by atoms with Gasteiger partial charge in [0.25, 0.3) is 0 Å². The van der Waals surface area contributed by atoms with E-state index < -0.39 is 0 Å². The van der Waals surface area contributed by atoms with Gasteiger partial charge in [0.05, 0.1) is 6.54 Å². The molecule has 1 aliphatic carbocycles. The monoisotopic (exact) mass is 275 g/mol. The second kappa shape index (κ2) is 6.27. The van der Waals surface area contributed by atoms with Gasteiger partial charge in [-0.25, -0.2) is 0 Å². The number of carbonyl (C=O) groups excluding carboxylic acids is 1. The Bertz CT molecular complexity index is 451. The molecule has 0 heterocycles. The molecule has 4 heteroatoms. The van der Waals surface area contributed by atoms with Gasteiger partial charge in [-0.2, -0.15) is 0 Å². The van der Waals surface area contributed by atoms with Crippen LogP contribution in [0.15, 0.2) is 24.3 Å². The van der Waals surface area contributed by atoms with E-state index in [2.05, 4.69) is 17.0 Å². The van der Waals surface area contributed by atoms with E-state index in [0.29, 0.717) is 19.1 Å². The number of hydrogen-bond acceptors (Lipinski definition) is 3. The van der Waals surface area contributed by atoms with Crippen molar-refractivity contribution >= 4 is 11.6 Å². The summed E-state index contributed by atoms with van der Waals surface area (Å²) in [5.41, 5.74) is 7.87. The van der Waals surface area contributed by atoms with E-state index in [4.69, 9.17) is 5.73 Å². The molecular weight excluding hydrogens is 250 g/mol. The summed E-state index contributed by atoms with van der Waals surface area (Å²) in [7, 11) is 1.87. The zero-order valence-electron chi connectivity index (χ0n) is 12.7. The molecule has 1 saturated carbocycles. The van der Waals surface area contributed by atoms with Crippen LogP contribution >= 0.6 is 0 Å². The molecule has 1 fully saturated rings. The van der Waals surface area contributed by atoms with Crippen molar-refractivity contribution in [2.24, 2.45) is 5.73 Å². The number of likely N-dealkylation sites (N-methyl/N-ethyl adjacent to an activating group) is 1. The Morgan fingerprint density at radius 3 is 2.35 bits per heavy atom. The predicted octanol–water partition coefficient (Wildman–Crippen LogP) is 1.98. The minimum Gasteiger partial charge on any atom is -0.359 e. The highest BCUT2D eigenvalue weighted by molar-refractivity contribution is 5.81. The summed E-state index contributed by atoms with van der Waals surface area (Å²) in [6.45, 7) is 5.09. The fraction of sp³-hybridized carbons (Fsp3) is 0.562. The van der Waals surface area contributed by atoms with Crippen molar-refractivity contribution in [1.82, 2.24) is 4.90 Å². The van der Waals surface area contributed by atoms with Crippen molar-refractivity contribution in [1.29, 1.82) is 0 Å². The SMILES string of the molecule is CC(C)N(C)C(=O)CN(c1ccc(CN)cc1)C1CC1. The normalized spacial score (nSPS) is 14.4. The van der Waals surface area contributed by atoms with E-state index in [1.165, 1.54) is 12.8 Å². The van der Waals surface area contributed by atoms with Crippen molar-refractivity contribution in [2.45, 2.75) is 45.3 Å². The molecule has 2 rings (SSSR count). The smallest absolute Gasteiger partial charge is 0.242 e. The van der Waals surface area contributed by atoms with Gasteiger partial charge in [-0.15, -0.1) is 0 Å². The summed E-state index contributed by atoms with van der Waals surface area (Å²) < 4.78 is 0. The van der Waals surface area contributed by atoms with Crippen molar-refractivity contribution < 1.29 is 4.79 Å². The lowest BCUT2D eigenvalue weighted by molar-refractivity contribution is -0.129. The Kier molecular flexibility index (Phi) is 4.65. The van der Waals surface area contributed by atoms with Gasteiger partial charge in [-0.1, -0.05) is 12.1 Å². The van der Waals surface area contributed by atoms with Gasteiger partial charge >= 0.3 is 0 Å². The zero-order chi connectivity index (χ0) is 14.7. The number of benzene rings is 1. The van der Waals surface area contributed by atoms with Crippen molar-refractivity contribution in [3.8, 4) is 0 Å². The van der Waals surface area contributed by atoms with Gasteiger partial charge in [-0.3, -0.25) is 4.79 Å². The Balaban J connectivity index is 2.08. The number of hydrogen-bond donors (Lipinski definition) is 1. The van der Waals surface area contributed by atoms with Crippen LogP contribution in [-0.4, -0.2) is 36.5 Å². The third-order valence-corrected chi connectivity index (χ3v) is 3.96. The zero-order valence-corrected chi connectivity index (χ0v) is 12.7. The van der Waals surface area contributed by atoms with E-state index in [1.807, 2.05) is 37.9 Å². The topological polar surface area (TPSA) is 49.6 Å². The third-order valence-electron chi connectivity index (χ3n) is 3.96. The second-order valence-corrected chi connectivity index (χ2v) is 5.83. The van der Waals surface area contributed by atoms with Crippen LogP contribution < -0.4 is 10.6 Å². The summed E-state index contributed by atoms with van der Waals surface area (Å²) in [5, 5.41) is 0. The fourth-order valence-electron chi connectivity index (χ4n) is 2.19. The molecule has 0 aromatic heterocycles. The second-order valence-electron chi connectivity index (χ2n) is 5.83. The first-order chi connectivity index (χ1) is 9.52. The molecule has 0 aliphatic heterocycles. The first-order valence-corrected chi connectivity index (χ1v) is 7.34. The number of amides is 1. The maximum absolute atomic E-state index is 12.3. The van der Waals surface area contributed by atoms with Crippen LogP contribution in [0.1, 0.15) is 32.3 Å². The molecule has 0 atom stereocenters. The van der Waals surface area contributed by atoms with Crippen molar-refractivity contribution in [2.75, 3.05) is 18.5 Å². The summed E-state index contributed by atoms with van der Waals surface area (Å²) in [4.78, 5) is 16.3. The number of nitrogens with zero attached hydrogens (tertiary/aromatic N) is 2. The molecule has 110 valence electrons. The molecule has 0 saturated heterocycles. The van der Waals surface area contributed by atoms with Crippen LogP contribution in [0.3, 0.4) is 0 Å². The van der Waals surface area contributed by atoms with E-state index in [0.717, 1.165) is 11.3 Å². The standard InChI is InChI=1S/C16H25N3O/c1-12(2)18(3)16(20)11-19(15-8-9-15)14-6-4-13(10-17)5-7-14/h4-7,12,15H,8-11,17H2,1-3H3. The average molecular weight is 275 g/mol. The molecule has 0 radical (unpaired) electrons. The Morgan fingerprint density at radius 1 is 1.30 bits per heavy atom. The molecule has 1 aliphatic rings. The predicted molar refractivity (Wildman–Crippen MR) is 82.6 cm³/mol. The van der Waals surface area contributed by atoms with Crippen molar-refractivity contribution in [3.05, 3.63) is 29.8 Å². The highest BCUT2D eigenvalue weighted by atomic mass is 16.2. The maximum Gasteiger partial charge on any atom is 0.242 e. The van der Waals surface area contributed by atoms with Crippen LogP contribution in [0.2, 0.25) is 0 Å². The molecule has 0 bridgehead atoms. The van der Waals surface area contributed by atoms with Gasteiger partial charge in [0.15, 0.2) is 0 Å². The van der Waals surface area contributed by atoms with Crippen LogP contribution in [0, 0.1) is 0 Å². The molecular formula is C16H25N3O. The molecule has 0 unspecified atom stereocenters. The molecule has 0 spiro atoms. The Labute approximate surface area is 121 Å². The number of nitrogens with two attached hydrogens (primary N) is 1. The highest BCUT2D eigenvalue weighted by Crippen LogP contribution is 2.31. The van der Waals surface area contributed by atoms with Crippen LogP contribution in [0.4, 0.5) is 5.69 Å². The summed E-state index contributed by atoms with van der Waals surface area (Å²) in [6.07, 6.45) is 2.36. The minimum atomic E-state index is 0.176. The lowest BCUT2D eigenvalue weighted by Crippen LogP contribution is -2.42. The van der Waals surface area contributed by atoms with Gasteiger partial charge in [0.2, 0.25) is 5.91 Å². The average Bonchev–Trinajstić information content (AvgIpc) is 3.28. The fourth-order valence-corrected chi connectivity index (χ4v) is 2.19. The largest absolute Gasteiger partial charge is 0.359 e. The molecule has 4 nitrogen and oxygen atoms in total. The quantitative estimate of drug-likeness (QED) is 0.863. The number of anilines is 1. The molecule has 20 heavy (non-hydrogen) atoms. The van der Waals surface area contributed by atoms with E-state index in [-0.39, 0.29) is 11.9 Å². The molecule has 2 N–H and O–H groups in total. The minimum absolute atomic E-state index is 0.176. The van der Waals surface area contributed by atoms with Crippen LogP contribution in [0.5, 0.6) is 0 Å². The van der Waals surface area contributed by atoms with E-state index in [9.17, 15) is 4.79 Å². The molecule has 1 aromatic rings. The van der Waals surface area contributed by atoms with Crippen LogP contribution in [0.25, 0.3) is 0 Å². The maximum atomic E-state index is 12.3. The van der Waals surface area contributed by atoms with Gasteiger partial charge in [-0.05, 0) is 44.4 Å².